The summed E-state index contributed by atoms with van der Waals surface area (Å²) in [5.41, 5.74) is 1.69. The van der Waals surface area contributed by atoms with Crippen molar-refractivity contribution >= 4 is 35.0 Å². The SMILES string of the molecule is CC[C@H](CN1CC[C@H](CNC(=O)c2ccc(Cl)c(Cl)c2)N[C@H](CCNC(C)(C)C)C1=O)c1ccccc1. The van der Waals surface area contributed by atoms with Crippen molar-refractivity contribution in [3.05, 3.63) is 69.7 Å². The van der Waals surface area contributed by atoms with Crippen molar-refractivity contribution in [2.24, 2.45) is 0 Å². The number of halogens is 2. The molecular formula is C29H40Cl2N4O2. The molecule has 6 nitrogen and oxygen atoms in total. The highest BCUT2D eigenvalue weighted by atomic mass is 35.5. The predicted octanol–water partition coefficient (Wildman–Crippen LogP) is 5.25. The Labute approximate surface area is 231 Å². The first kappa shape index (κ1) is 29.4. The van der Waals surface area contributed by atoms with E-state index in [0.717, 1.165) is 19.4 Å². The largest absolute Gasteiger partial charge is 0.350 e. The Morgan fingerprint density at radius 1 is 1.14 bits per heavy atom. The molecule has 1 heterocycles. The van der Waals surface area contributed by atoms with Crippen LogP contribution in [0, 0.1) is 0 Å². The maximum Gasteiger partial charge on any atom is 0.251 e. The molecule has 0 saturated carbocycles. The standard InChI is InChI=1S/C29H40Cl2N4O2/c1-5-20(21-9-7-6-8-10-21)19-35-16-14-23(34-26(28(35)37)13-15-33-29(2,3)4)18-32-27(36)22-11-12-24(30)25(31)17-22/h6-12,17,20,23,26,33-34H,5,13-16,18-19H2,1-4H3,(H,32,36)/t20-,23-,26-/m1/s1. The average molecular weight is 548 g/mol. The second-order valence-corrected chi connectivity index (χ2v) is 11.6. The highest BCUT2D eigenvalue weighted by Crippen LogP contribution is 2.24. The van der Waals surface area contributed by atoms with E-state index >= 15 is 0 Å². The van der Waals surface area contributed by atoms with E-state index in [0.29, 0.717) is 41.7 Å². The molecule has 0 radical (unpaired) electrons. The molecule has 1 aliphatic heterocycles. The van der Waals surface area contributed by atoms with Crippen LogP contribution in [0.25, 0.3) is 0 Å². The Kier molecular flexibility index (Phi) is 10.8. The second kappa shape index (κ2) is 13.6. The average Bonchev–Trinajstić information content (AvgIpc) is 3.01. The minimum atomic E-state index is -0.322. The molecule has 2 aromatic carbocycles. The van der Waals surface area contributed by atoms with E-state index in [1.165, 1.54) is 5.56 Å². The van der Waals surface area contributed by atoms with Gasteiger partial charge in [-0.2, -0.15) is 0 Å². The lowest BCUT2D eigenvalue weighted by molar-refractivity contribution is -0.133. The van der Waals surface area contributed by atoms with Gasteiger partial charge in [-0.1, -0.05) is 60.5 Å². The Morgan fingerprint density at radius 2 is 1.86 bits per heavy atom. The van der Waals surface area contributed by atoms with Crippen molar-refractivity contribution in [1.29, 1.82) is 0 Å². The van der Waals surface area contributed by atoms with Crippen molar-refractivity contribution < 1.29 is 9.59 Å². The van der Waals surface area contributed by atoms with Gasteiger partial charge in [0.2, 0.25) is 5.91 Å². The number of nitrogens with zero attached hydrogens (tertiary/aromatic N) is 1. The Morgan fingerprint density at radius 3 is 2.51 bits per heavy atom. The maximum absolute atomic E-state index is 13.7. The number of carbonyl (C=O) groups excluding carboxylic acids is 2. The van der Waals surface area contributed by atoms with E-state index in [-0.39, 0.29) is 35.4 Å². The number of hydrogen-bond acceptors (Lipinski definition) is 4. The van der Waals surface area contributed by atoms with Gasteiger partial charge in [-0.05, 0) is 70.3 Å². The molecule has 1 saturated heterocycles. The van der Waals surface area contributed by atoms with Crippen LogP contribution < -0.4 is 16.0 Å². The molecule has 3 atom stereocenters. The predicted molar refractivity (Wildman–Crippen MR) is 153 cm³/mol. The first-order valence-corrected chi connectivity index (χ1v) is 13.9. The van der Waals surface area contributed by atoms with Crippen LogP contribution >= 0.6 is 23.2 Å². The molecule has 2 amide bonds. The molecule has 8 heteroatoms. The Balaban J connectivity index is 1.69. The van der Waals surface area contributed by atoms with Gasteiger partial charge in [0, 0.05) is 42.7 Å². The van der Waals surface area contributed by atoms with Crippen molar-refractivity contribution in [1.82, 2.24) is 20.9 Å². The van der Waals surface area contributed by atoms with Crippen LogP contribution in [0.2, 0.25) is 10.0 Å². The van der Waals surface area contributed by atoms with Gasteiger partial charge in [0.25, 0.3) is 5.91 Å². The summed E-state index contributed by atoms with van der Waals surface area (Å²) >= 11 is 12.1. The third kappa shape index (κ3) is 8.99. The lowest BCUT2D eigenvalue weighted by Gasteiger charge is -2.29. The number of benzene rings is 2. The molecule has 0 aliphatic carbocycles. The Bertz CT molecular complexity index is 1040. The van der Waals surface area contributed by atoms with Crippen LogP contribution in [0.15, 0.2) is 48.5 Å². The minimum absolute atomic E-state index is 0.0265. The molecule has 0 unspecified atom stereocenters. The molecule has 37 heavy (non-hydrogen) atoms. The van der Waals surface area contributed by atoms with Gasteiger partial charge in [-0.3, -0.25) is 9.59 Å². The number of rotatable bonds is 10. The Hall–Kier alpha value is -2.12. The third-order valence-electron chi connectivity index (χ3n) is 6.78. The minimum Gasteiger partial charge on any atom is -0.350 e. The fourth-order valence-corrected chi connectivity index (χ4v) is 4.94. The monoisotopic (exact) mass is 546 g/mol. The quantitative estimate of drug-likeness (QED) is 0.380. The van der Waals surface area contributed by atoms with E-state index in [1.54, 1.807) is 18.2 Å². The molecular weight excluding hydrogens is 507 g/mol. The van der Waals surface area contributed by atoms with E-state index in [9.17, 15) is 9.59 Å². The maximum atomic E-state index is 13.7. The molecule has 1 aliphatic rings. The van der Waals surface area contributed by atoms with Gasteiger partial charge in [-0.15, -0.1) is 0 Å². The molecule has 0 bridgehead atoms. The van der Waals surface area contributed by atoms with E-state index in [2.05, 4.69) is 67.9 Å². The first-order chi connectivity index (χ1) is 17.6. The molecule has 2 aromatic rings. The lowest BCUT2D eigenvalue weighted by Crippen LogP contribution is -2.50. The smallest absolute Gasteiger partial charge is 0.251 e. The lowest BCUT2D eigenvalue weighted by atomic mass is 9.95. The normalized spacial score (nSPS) is 19.4. The molecule has 3 rings (SSSR count). The number of nitrogens with one attached hydrogen (secondary N) is 3. The number of amides is 2. The van der Waals surface area contributed by atoms with E-state index in [4.69, 9.17) is 23.2 Å². The van der Waals surface area contributed by atoms with Gasteiger partial charge >= 0.3 is 0 Å². The summed E-state index contributed by atoms with van der Waals surface area (Å²) in [6, 6.07) is 14.9. The van der Waals surface area contributed by atoms with Crippen LogP contribution in [0.5, 0.6) is 0 Å². The molecule has 3 N–H and O–H groups in total. The molecule has 202 valence electrons. The zero-order valence-corrected chi connectivity index (χ0v) is 23.8. The van der Waals surface area contributed by atoms with Gasteiger partial charge in [0.15, 0.2) is 0 Å². The fourth-order valence-electron chi connectivity index (χ4n) is 4.64. The van der Waals surface area contributed by atoms with Gasteiger partial charge in [0.1, 0.15) is 0 Å². The van der Waals surface area contributed by atoms with Crippen molar-refractivity contribution in [3.63, 3.8) is 0 Å². The van der Waals surface area contributed by atoms with Crippen molar-refractivity contribution in [3.8, 4) is 0 Å². The number of hydrogen-bond donors (Lipinski definition) is 3. The molecule has 1 fully saturated rings. The first-order valence-electron chi connectivity index (χ1n) is 13.2. The summed E-state index contributed by atoms with van der Waals surface area (Å²) in [5.74, 6) is 0.196. The summed E-state index contributed by atoms with van der Waals surface area (Å²) in [5, 5.41) is 10.8. The summed E-state index contributed by atoms with van der Waals surface area (Å²) in [4.78, 5) is 28.4. The van der Waals surface area contributed by atoms with Gasteiger partial charge < -0.3 is 20.9 Å². The van der Waals surface area contributed by atoms with E-state index in [1.807, 2.05) is 11.0 Å². The van der Waals surface area contributed by atoms with Crippen LogP contribution in [-0.2, 0) is 4.79 Å². The van der Waals surface area contributed by atoms with Crippen molar-refractivity contribution in [2.75, 3.05) is 26.2 Å². The second-order valence-electron chi connectivity index (χ2n) is 10.8. The summed E-state index contributed by atoms with van der Waals surface area (Å²) in [6.45, 7) is 11.0. The molecule has 0 aromatic heterocycles. The summed E-state index contributed by atoms with van der Waals surface area (Å²) in [7, 11) is 0. The fraction of sp³-hybridized carbons (Fsp3) is 0.517. The third-order valence-corrected chi connectivity index (χ3v) is 7.52. The van der Waals surface area contributed by atoms with Gasteiger partial charge in [-0.25, -0.2) is 0 Å². The van der Waals surface area contributed by atoms with Crippen LogP contribution in [0.1, 0.15) is 68.8 Å². The number of carbonyl (C=O) groups is 2. The zero-order chi connectivity index (χ0) is 27.0. The topological polar surface area (TPSA) is 73.5 Å². The van der Waals surface area contributed by atoms with Crippen molar-refractivity contribution in [2.45, 2.75) is 70.5 Å². The highest BCUT2D eigenvalue weighted by Gasteiger charge is 2.32. The van der Waals surface area contributed by atoms with Crippen LogP contribution in [-0.4, -0.2) is 60.5 Å². The van der Waals surface area contributed by atoms with Crippen LogP contribution in [0.4, 0.5) is 0 Å². The zero-order valence-electron chi connectivity index (χ0n) is 22.3. The molecule has 0 spiro atoms. The van der Waals surface area contributed by atoms with Gasteiger partial charge in [0.05, 0.1) is 16.1 Å². The van der Waals surface area contributed by atoms with Crippen LogP contribution in [0.3, 0.4) is 0 Å². The summed E-state index contributed by atoms with van der Waals surface area (Å²) in [6.07, 6.45) is 2.38. The summed E-state index contributed by atoms with van der Waals surface area (Å²) < 4.78 is 0. The van der Waals surface area contributed by atoms with E-state index < -0.39 is 0 Å². The highest BCUT2D eigenvalue weighted by molar-refractivity contribution is 6.42.